The smallest absolute Gasteiger partial charge is 0.358 e. The van der Waals surface area contributed by atoms with Crippen LogP contribution in [0.3, 0.4) is 0 Å². The van der Waals surface area contributed by atoms with Gasteiger partial charge in [-0.15, -0.1) is 0 Å². The summed E-state index contributed by atoms with van der Waals surface area (Å²) in [4.78, 5) is 21.8. The Labute approximate surface area is 108 Å². The molecule has 1 aromatic heterocycles. The Bertz CT molecular complexity index is 617. The van der Waals surface area contributed by atoms with E-state index in [-0.39, 0.29) is 18.1 Å². The number of carboxylic acids is 1. The standard InChI is InChI=1S/C13H11NO5/c1-8(15)9-3-2-4-10(5-9)18-7-11-6-12(13(16)17)14-19-11/h2-6H,7H2,1H3,(H,16,17). The number of aromatic carboxylic acids is 1. The molecule has 6 nitrogen and oxygen atoms in total. The first-order valence-electron chi connectivity index (χ1n) is 5.49. The van der Waals surface area contributed by atoms with Crippen molar-refractivity contribution < 1.29 is 24.0 Å². The van der Waals surface area contributed by atoms with Crippen LogP contribution in [0.25, 0.3) is 0 Å². The Morgan fingerprint density at radius 3 is 2.79 bits per heavy atom. The molecule has 19 heavy (non-hydrogen) atoms. The molecule has 0 unspecified atom stereocenters. The van der Waals surface area contributed by atoms with Crippen molar-refractivity contribution in [2.24, 2.45) is 0 Å². The van der Waals surface area contributed by atoms with Crippen molar-refractivity contribution in [3.05, 3.63) is 47.3 Å². The number of rotatable bonds is 5. The predicted octanol–water partition coefficient (Wildman–Crippen LogP) is 2.15. The largest absolute Gasteiger partial charge is 0.486 e. The van der Waals surface area contributed by atoms with Crippen molar-refractivity contribution in [3.8, 4) is 5.75 Å². The maximum absolute atomic E-state index is 11.2. The highest BCUT2D eigenvalue weighted by Crippen LogP contribution is 2.16. The fraction of sp³-hybridized carbons (Fsp3) is 0.154. The van der Waals surface area contributed by atoms with Crippen LogP contribution in [-0.2, 0) is 6.61 Å². The number of carbonyl (C=O) groups excluding carboxylic acids is 1. The molecule has 0 aliphatic carbocycles. The number of ketones is 1. The molecular formula is C13H11NO5. The van der Waals surface area contributed by atoms with Crippen molar-refractivity contribution >= 4 is 11.8 Å². The van der Waals surface area contributed by atoms with Gasteiger partial charge < -0.3 is 14.4 Å². The highest BCUT2D eigenvalue weighted by Gasteiger charge is 2.11. The maximum Gasteiger partial charge on any atom is 0.358 e. The summed E-state index contributed by atoms with van der Waals surface area (Å²) in [5.41, 5.74) is 0.373. The molecule has 0 bridgehead atoms. The second kappa shape index (κ2) is 5.34. The number of Topliss-reactive ketones (excluding diaryl/α,β-unsaturated/α-hetero) is 1. The van der Waals surface area contributed by atoms with Crippen molar-refractivity contribution in [2.75, 3.05) is 0 Å². The Hall–Kier alpha value is -2.63. The average Bonchev–Trinajstić information content (AvgIpc) is 2.85. The van der Waals surface area contributed by atoms with Crippen LogP contribution in [0, 0.1) is 0 Å². The van der Waals surface area contributed by atoms with Gasteiger partial charge >= 0.3 is 5.97 Å². The molecule has 0 atom stereocenters. The van der Waals surface area contributed by atoms with Gasteiger partial charge in [0.15, 0.2) is 17.2 Å². The maximum atomic E-state index is 11.2. The Morgan fingerprint density at radius 2 is 2.16 bits per heavy atom. The summed E-state index contributed by atoms with van der Waals surface area (Å²) < 4.78 is 10.2. The number of ether oxygens (including phenoxy) is 1. The van der Waals surface area contributed by atoms with Crippen LogP contribution in [0.2, 0.25) is 0 Å². The van der Waals surface area contributed by atoms with Crippen molar-refractivity contribution in [1.82, 2.24) is 5.16 Å². The van der Waals surface area contributed by atoms with Crippen molar-refractivity contribution in [1.29, 1.82) is 0 Å². The van der Waals surface area contributed by atoms with Gasteiger partial charge in [-0.25, -0.2) is 4.79 Å². The third-order valence-corrected chi connectivity index (χ3v) is 2.40. The van der Waals surface area contributed by atoms with E-state index in [1.165, 1.54) is 13.0 Å². The number of hydrogen-bond donors (Lipinski definition) is 1. The number of carbonyl (C=O) groups is 2. The fourth-order valence-electron chi connectivity index (χ4n) is 1.44. The molecule has 2 aromatic rings. The lowest BCUT2D eigenvalue weighted by Gasteiger charge is -2.04. The molecule has 0 saturated carbocycles. The molecule has 6 heteroatoms. The van der Waals surface area contributed by atoms with Gasteiger partial charge in [-0.3, -0.25) is 4.79 Å². The first-order valence-corrected chi connectivity index (χ1v) is 5.49. The Kier molecular flexibility index (Phi) is 3.61. The van der Waals surface area contributed by atoms with E-state index in [0.29, 0.717) is 17.1 Å². The second-order valence-electron chi connectivity index (χ2n) is 3.86. The third kappa shape index (κ3) is 3.19. The zero-order valence-electron chi connectivity index (χ0n) is 10.1. The molecule has 2 rings (SSSR count). The number of carboxylic acid groups (broad SMARTS) is 1. The van der Waals surface area contributed by atoms with E-state index in [1.54, 1.807) is 24.3 Å². The van der Waals surface area contributed by atoms with Gasteiger partial charge in [0, 0.05) is 11.6 Å². The Morgan fingerprint density at radius 1 is 1.37 bits per heavy atom. The number of aromatic nitrogens is 1. The predicted molar refractivity (Wildman–Crippen MR) is 64.2 cm³/mol. The van der Waals surface area contributed by atoms with Crippen LogP contribution in [0.1, 0.15) is 33.5 Å². The van der Waals surface area contributed by atoms with Crippen LogP contribution in [-0.4, -0.2) is 22.0 Å². The normalized spacial score (nSPS) is 10.2. The molecule has 0 spiro atoms. The molecule has 0 aliphatic heterocycles. The van der Waals surface area contributed by atoms with Crippen LogP contribution >= 0.6 is 0 Å². The molecule has 0 saturated heterocycles. The fourth-order valence-corrected chi connectivity index (χ4v) is 1.44. The average molecular weight is 261 g/mol. The van der Waals surface area contributed by atoms with Gasteiger partial charge in [0.25, 0.3) is 0 Å². The summed E-state index contributed by atoms with van der Waals surface area (Å²) in [5, 5.41) is 12.0. The van der Waals surface area contributed by atoms with Crippen LogP contribution in [0.15, 0.2) is 34.9 Å². The van der Waals surface area contributed by atoms with E-state index < -0.39 is 5.97 Å². The minimum absolute atomic E-state index is 0.0433. The summed E-state index contributed by atoms with van der Waals surface area (Å²) >= 11 is 0. The number of benzene rings is 1. The molecular weight excluding hydrogens is 250 g/mol. The summed E-state index contributed by atoms with van der Waals surface area (Å²) in [6.07, 6.45) is 0. The third-order valence-electron chi connectivity index (χ3n) is 2.40. The van der Waals surface area contributed by atoms with Crippen LogP contribution in [0.4, 0.5) is 0 Å². The van der Waals surface area contributed by atoms with E-state index in [4.69, 9.17) is 14.4 Å². The topological polar surface area (TPSA) is 89.6 Å². The van der Waals surface area contributed by atoms with Gasteiger partial charge in [-0.05, 0) is 19.1 Å². The lowest BCUT2D eigenvalue weighted by molar-refractivity contribution is 0.0685. The number of nitrogens with zero attached hydrogens (tertiary/aromatic N) is 1. The molecule has 0 fully saturated rings. The Balaban J connectivity index is 2.03. The highest BCUT2D eigenvalue weighted by atomic mass is 16.5. The van der Waals surface area contributed by atoms with Gasteiger partial charge in [0.05, 0.1) is 0 Å². The van der Waals surface area contributed by atoms with Crippen LogP contribution < -0.4 is 4.74 Å². The molecule has 0 radical (unpaired) electrons. The van der Waals surface area contributed by atoms with Crippen molar-refractivity contribution in [3.63, 3.8) is 0 Å². The summed E-state index contributed by atoms with van der Waals surface area (Å²) in [5.74, 6) is -0.418. The molecule has 1 heterocycles. The lowest BCUT2D eigenvalue weighted by atomic mass is 10.1. The van der Waals surface area contributed by atoms with E-state index in [0.717, 1.165) is 0 Å². The minimum Gasteiger partial charge on any atom is -0.486 e. The number of hydrogen-bond acceptors (Lipinski definition) is 5. The zero-order chi connectivity index (χ0) is 13.8. The first-order chi connectivity index (χ1) is 9.06. The van der Waals surface area contributed by atoms with Gasteiger partial charge in [-0.2, -0.15) is 0 Å². The van der Waals surface area contributed by atoms with Gasteiger partial charge in [0.2, 0.25) is 0 Å². The quantitative estimate of drug-likeness (QED) is 0.829. The summed E-state index contributed by atoms with van der Waals surface area (Å²) in [7, 11) is 0. The SMILES string of the molecule is CC(=O)c1cccc(OCc2cc(C(=O)O)no2)c1. The van der Waals surface area contributed by atoms with Crippen molar-refractivity contribution in [2.45, 2.75) is 13.5 Å². The zero-order valence-corrected chi connectivity index (χ0v) is 10.1. The first kappa shape index (κ1) is 12.8. The monoisotopic (exact) mass is 261 g/mol. The van der Waals surface area contributed by atoms with E-state index in [2.05, 4.69) is 5.16 Å². The second-order valence-corrected chi connectivity index (χ2v) is 3.86. The van der Waals surface area contributed by atoms with E-state index >= 15 is 0 Å². The van der Waals surface area contributed by atoms with E-state index in [9.17, 15) is 9.59 Å². The molecule has 1 N–H and O–H groups in total. The summed E-state index contributed by atoms with van der Waals surface area (Å²) in [6, 6.07) is 7.98. The molecule has 1 aromatic carbocycles. The molecule has 0 amide bonds. The van der Waals surface area contributed by atoms with Crippen LogP contribution in [0.5, 0.6) is 5.75 Å². The van der Waals surface area contributed by atoms with Gasteiger partial charge in [0.1, 0.15) is 12.4 Å². The van der Waals surface area contributed by atoms with E-state index in [1.807, 2.05) is 0 Å². The minimum atomic E-state index is -1.16. The molecule has 98 valence electrons. The highest BCUT2D eigenvalue weighted by molar-refractivity contribution is 5.94. The lowest BCUT2D eigenvalue weighted by Crippen LogP contribution is -1.97. The van der Waals surface area contributed by atoms with Gasteiger partial charge in [-0.1, -0.05) is 17.3 Å². The summed E-state index contributed by atoms with van der Waals surface area (Å²) in [6.45, 7) is 1.51. The molecule has 0 aliphatic rings.